The van der Waals surface area contributed by atoms with Crippen molar-refractivity contribution in [3.8, 4) is 5.75 Å². The number of rotatable bonds is 8. The molecule has 3 amide bonds. The van der Waals surface area contributed by atoms with E-state index in [9.17, 15) is 23.1 Å². The van der Waals surface area contributed by atoms with E-state index in [2.05, 4.69) is 15.8 Å². The van der Waals surface area contributed by atoms with Gasteiger partial charge in [-0.3, -0.25) is 4.79 Å². The number of urea groups is 1. The van der Waals surface area contributed by atoms with Gasteiger partial charge in [0.2, 0.25) is 15.9 Å². The number of aryl methyl sites for hydroxylation is 3. The van der Waals surface area contributed by atoms with Crippen LogP contribution in [-0.2, 0) is 21.2 Å². The van der Waals surface area contributed by atoms with Crippen LogP contribution in [0.4, 0.5) is 16.2 Å². The lowest BCUT2D eigenvalue weighted by Crippen LogP contribution is -2.48. The highest BCUT2D eigenvalue weighted by Gasteiger charge is 2.33. The molecule has 4 rings (SSSR count). The Labute approximate surface area is 252 Å². The van der Waals surface area contributed by atoms with Gasteiger partial charge in [-0.25, -0.2) is 13.2 Å². The van der Waals surface area contributed by atoms with E-state index in [1.54, 1.807) is 68.1 Å². The summed E-state index contributed by atoms with van der Waals surface area (Å²) in [7, 11) is -2.31. The van der Waals surface area contributed by atoms with Crippen LogP contribution in [0.15, 0.2) is 51.9 Å². The first-order valence-electron chi connectivity index (χ1n) is 14.0. The van der Waals surface area contributed by atoms with Crippen LogP contribution in [-0.4, -0.2) is 78.7 Å². The molecule has 0 spiro atoms. The smallest absolute Gasteiger partial charge is 0.323 e. The highest BCUT2D eigenvalue weighted by Crippen LogP contribution is 2.30. The summed E-state index contributed by atoms with van der Waals surface area (Å²) >= 11 is 0. The zero-order valence-corrected chi connectivity index (χ0v) is 26.1. The first-order valence-corrected chi connectivity index (χ1v) is 15.5. The number of hydrogen-bond donors (Lipinski definition) is 3. The van der Waals surface area contributed by atoms with Crippen molar-refractivity contribution < 1.29 is 32.4 Å². The first-order chi connectivity index (χ1) is 20.3. The Hall–Kier alpha value is -3.94. The van der Waals surface area contributed by atoms with Gasteiger partial charge in [-0.1, -0.05) is 29.8 Å². The molecule has 0 saturated heterocycles. The van der Waals surface area contributed by atoms with Crippen molar-refractivity contribution in [1.82, 2.24) is 14.4 Å². The van der Waals surface area contributed by atoms with Crippen molar-refractivity contribution in [2.75, 3.05) is 37.4 Å². The van der Waals surface area contributed by atoms with E-state index < -0.39 is 28.2 Å². The van der Waals surface area contributed by atoms with Gasteiger partial charge in [0, 0.05) is 30.8 Å². The minimum absolute atomic E-state index is 0.0200. The number of hydrogen-bond acceptors (Lipinski definition) is 8. The maximum atomic E-state index is 13.5. The summed E-state index contributed by atoms with van der Waals surface area (Å²) in [6.45, 7) is 8.97. The molecule has 3 N–H and O–H groups in total. The molecule has 0 unspecified atom stereocenters. The van der Waals surface area contributed by atoms with Crippen molar-refractivity contribution >= 4 is 33.3 Å². The number of aliphatic hydroxyl groups is 1. The molecule has 2 aromatic carbocycles. The van der Waals surface area contributed by atoms with E-state index in [0.29, 0.717) is 34.1 Å². The van der Waals surface area contributed by atoms with Crippen LogP contribution >= 0.6 is 0 Å². The molecule has 1 aliphatic rings. The van der Waals surface area contributed by atoms with Crippen LogP contribution in [0.2, 0.25) is 0 Å². The van der Waals surface area contributed by atoms with Crippen LogP contribution in [0.1, 0.15) is 36.4 Å². The van der Waals surface area contributed by atoms with Gasteiger partial charge in [0.25, 0.3) is 0 Å². The average molecular weight is 614 g/mol. The fourth-order valence-electron chi connectivity index (χ4n) is 4.90. The molecule has 3 atom stereocenters. The average Bonchev–Trinajstić information content (AvgIpc) is 3.29. The van der Waals surface area contributed by atoms with Gasteiger partial charge < -0.3 is 29.9 Å². The van der Waals surface area contributed by atoms with E-state index in [1.807, 2.05) is 13.8 Å². The summed E-state index contributed by atoms with van der Waals surface area (Å²) in [5.74, 6) is 0.352. The fraction of sp³-hybridized carbons (Fsp3) is 0.433. The predicted octanol–water partition coefficient (Wildman–Crippen LogP) is 3.71. The lowest BCUT2D eigenvalue weighted by atomic mass is 10.0. The number of benzene rings is 2. The molecular formula is C30H39N5O7S. The van der Waals surface area contributed by atoms with Crippen molar-refractivity contribution in [3.63, 3.8) is 0 Å². The minimum Gasteiger partial charge on any atom is -0.488 e. The zero-order valence-electron chi connectivity index (χ0n) is 25.2. The number of likely N-dealkylation sites (N-methyl/N-ethyl adjacent to an activating group) is 1. The standard InChI is InChI=1S/C30H39N5O7S/c1-18-7-10-25(11-8-18)43(39,40)34(6)16-27-19(2)15-35(20(3)17-36)28(37)14-23-13-24(9-12-26(23)41-27)31-30(38)32-29-21(4)33-42-22(29)5/h7-13,19-20,27,36H,14-17H2,1-6H3,(H2,31,32,38)/t19-,20+,27+/m1/s1. The van der Waals surface area contributed by atoms with Crippen molar-refractivity contribution in [1.29, 1.82) is 0 Å². The molecule has 2 heterocycles. The van der Waals surface area contributed by atoms with Crippen LogP contribution in [0, 0.1) is 26.7 Å². The van der Waals surface area contributed by atoms with Crippen LogP contribution in [0.25, 0.3) is 0 Å². The second kappa shape index (κ2) is 13.1. The predicted molar refractivity (Wildman–Crippen MR) is 162 cm³/mol. The number of carbonyl (C=O) groups is 2. The third-order valence-electron chi connectivity index (χ3n) is 7.61. The molecule has 0 aliphatic carbocycles. The number of carbonyl (C=O) groups excluding carboxylic acids is 2. The molecular weight excluding hydrogens is 574 g/mol. The van der Waals surface area contributed by atoms with Gasteiger partial charge in [0.1, 0.15) is 23.2 Å². The topological polar surface area (TPSA) is 154 Å². The Morgan fingerprint density at radius 2 is 1.86 bits per heavy atom. The Morgan fingerprint density at radius 3 is 2.49 bits per heavy atom. The molecule has 232 valence electrons. The van der Waals surface area contributed by atoms with Crippen molar-refractivity contribution in [2.24, 2.45) is 5.92 Å². The lowest BCUT2D eigenvalue weighted by Gasteiger charge is -2.33. The summed E-state index contributed by atoms with van der Waals surface area (Å²) in [6, 6.07) is 10.6. The first kappa shape index (κ1) is 32.0. The van der Waals surface area contributed by atoms with Crippen molar-refractivity contribution in [3.05, 3.63) is 65.0 Å². The number of anilines is 2. The highest BCUT2D eigenvalue weighted by molar-refractivity contribution is 7.89. The summed E-state index contributed by atoms with van der Waals surface area (Å²) in [4.78, 5) is 28.0. The van der Waals surface area contributed by atoms with Gasteiger partial charge in [0.15, 0.2) is 5.76 Å². The summed E-state index contributed by atoms with van der Waals surface area (Å²) in [6.07, 6.45) is -0.678. The second-order valence-electron chi connectivity index (χ2n) is 11.1. The minimum atomic E-state index is -3.81. The third-order valence-corrected chi connectivity index (χ3v) is 9.45. The lowest BCUT2D eigenvalue weighted by molar-refractivity contribution is -0.134. The number of nitrogens with zero attached hydrogens (tertiary/aromatic N) is 3. The molecule has 0 radical (unpaired) electrons. The number of aromatic nitrogens is 1. The number of aliphatic hydroxyl groups excluding tert-OH is 1. The Balaban J connectivity index is 1.62. The Kier molecular flexibility index (Phi) is 9.78. The largest absolute Gasteiger partial charge is 0.488 e. The highest BCUT2D eigenvalue weighted by atomic mass is 32.2. The number of nitrogens with one attached hydrogen (secondary N) is 2. The van der Waals surface area contributed by atoms with Gasteiger partial charge >= 0.3 is 6.03 Å². The van der Waals surface area contributed by atoms with Crippen LogP contribution in [0.3, 0.4) is 0 Å². The normalized spacial score (nSPS) is 18.2. The van der Waals surface area contributed by atoms with Gasteiger partial charge in [-0.05, 0) is 58.0 Å². The summed E-state index contributed by atoms with van der Waals surface area (Å²) in [5.41, 5.74) is 2.88. The maximum Gasteiger partial charge on any atom is 0.323 e. The molecule has 1 aromatic heterocycles. The molecule has 1 aliphatic heterocycles. The number of fused-ring (bicyclic) bond motifs is 1. The van der Waals surface area contributed by atoms with Gasteiger partial charge in [-0.2, -0.15) is 4.31 Å². The Bertz CT molecular complexity index is 1550. The molecule has 0 saturated carbocycles. The summed E-state index contributed by atoms with van der Waals surface area (Å²) in [5, 5.41) is 19.2. The fourth-order valence-corrected chi connectivity index (χ4v) is 6.09. The summed E-state index contributed by atoms with van der Waals surface area (Å²) < 4.78 is 39.6. The number of amides is 3. The number of ether oxygens (including phenoxy) is 1. The van der Waals surface area contributed by atoms with E-state index >= 15 is 0 Å². The van der Waals surface area contributed by atoms with E-state index in [0.717, 1.165) is 5.56 Å². The molecule has 0 fully saturated rings. The van der Waals surface area contributed by atoms with E-state index in [1.165, 1.54) is 11.4 Å². The maximum absolute atomic E-state index is 13.5. The third kappa shape index (κ3) is 7.35. The van der Waals surface area contributed by atoms with Gasteiger partial charge in [0.05, 0.1) is 30.5 Å². The molecule has 13 heteroatoms. The molecule has 3 aromatic rings. The van der Waals surface area contributed by atoms with E-state index in [4.69, 9.17) is 9.26 Å². The molecule has 43 heavy (non-hydrogen) atoms. The quantitative estimate of drug-likeness (QED) is 0.347. The molecule has 0 bridgehead atoms. The molecule has 12 nitrogen and oxygen atoms in total. The monoisotopic (exact) mass is 613 g/mol. The zero-order chi connectivity index (χ0) is 31.5. The van der Waals surface area contributed by atoms with Crippen molar-refractivity contribution in [2.45, 2.75) is 58.1 Å². The van der Waals surface area contributed by atoms with Crippen LogP contribution < -0.4 is 15.4 Å². The van der Waals surface area contributed by atoms with E-state index in [-0.39, 0.29) is 42.8 Å². The second-order valence-corrected chi connectivity index (χ2v) is 13.1. The number of sulfonamides is 1. The van der Waals surface area contributed by atoms with Crippen LogP contribution in [0.5, 0.6) is 5.75 Å². The van der Waals surface area contributed by atoms with Gasteiger partial charge in [-0.15, -0.1) is 0 Å². The SMILES string of the molecule is Cc1ccc(S(=O)(=O)N(C)C[C@@H]2Oc3ccc(NC(=O)Nc4c(C)noc4C)cc3CC(=O)N([C@@H](C)CO)C[C@H]2C)cc1. The Morgan fingerprint density at radius 1 is 1.16 bits per heavy atom.